The Bertz CT molecular complexity index is 586. The highest BCUT2D eigenvalue weighted by atomic mass is 16.5. The van der Waals surface area contributed by atoms with E-state index in [4.69, 9.17) is 20.8 Å². The summed E-state index contributed by atoms with van der Waals surface area (Å²) in [7, 11) is 0. The van der Waals surface area contributed by atoms with Gasteiger partial charge in [-0.3, -0.25) is 0 Å². The van der Waals surface area contributed by atoms with E-state index in [0.29, 0.717) is 22.7 Å². The fourth-order valence-electron chi connectivity index (χ4n) is 1.51. The van der Waals surface area contributed by atoms with Crippen molar-refractivity contribution in [1.29, 1.82) is 5.26 Å². The van der Waals surface area contributed by atoms with Crippen LogP contribution in [0.25, 0.3) is 0 Å². The number of nitriles is 1. The monoisotopic (exact) mass is 240 g/mol. The summed E-state index contributed by atoms with van der Waals surface area (Å²) < 4.78 is 5.59. The van der Waals surface area contributed by atoms with Crippen LogP contribution in [0.2, 0.25) is 0 Å². The molecule has 0 heterocycles. The lowest BCUT2D eigenvalue weighted by molar-refractivity contribution is 0.281. The Morgan fingerprint density at radius 1 is 1.11 bits per heavy atom. The van der Waals surface area contributed by atoms with Gasteiger partial charge in [0.15, 0.2) is 0 Å². The summed E-state index contributed by atoms with van der Waals surface area (Å²) in [6, 6.07) is 14.0. The summed E-state index contributed by atoms with van der Waals surface area (Å²) in [5, 5.41) is 17.7. The first-order valence-electron chi connectivity index (χ1n) is 5.40. The van der Waals surface area contributed by atoms with E-state index in [-0.39, 0.29) is 6.61 Å². The number of benzene rings is 2. The molecule has 4 heteroatoms. The average Bonchev–Trinajstić information content (AvgIpc) is 2.40. The molecule has 0 atom stereocenters. The molecule has 0 aliphatic carbocycles. The number of aliphatic hydroxyl groups excluding tert-OH is 1. The van der Waals surface area contributed by atoms with Crippen molar-refractivity contribution in [3.8, 4) is 17.6 Å². The zero-order valence-corrected chi connectivity index (χ0v) is 9.63. The number of rotatable bonds is 3. The second-order valence-electron chi connectivity index (χ2n) is 3.76. The standard InChI is InChI=1S/C14H12N2O2/c15-8-11-3-6-13(7-14(11)16)18-12-4-1-10(9-17)2-5-12/h1-7,17H,9,16H2. The number of nitrogen functional groups attached to an aromatic ring is 1. The molecule has 0 saturated heterocycles. The predicted octanol–water partition coefficient (Wildman–Crippen LogP) is 2.43. The van der Waals surface area contributed by atoms with Crippen LogP contribution in [0, 0.1) is 11.3 Å². The van der Waals surface area contributed by atoms with Gasteiger partial charge in [0.1, 0.15) is 17.6 Å². The molecule has 2 aromatic carbocycles. The van der Waals surface area contributed by atoms with Crippen LogP contribution in [0.3, 0.4) is 0 Å². The van der Waals surface area contributed by atoms with Crippen molar-refractivity contribution in [3.63, 3.8) is 0 Å². The van der Waals surface area contributed by atoms with Crippen molar-refractivity contribution in [2.24, 2.45) is 0 Å². The summed E-state index contributed by atoms with van der Waals surface area (Å²) in [6.07, 6.45) is 0. The van der Waals surface area contributed by atoms with E-state index in [1.807, 2.05) is 6.07 Å². The second kappa shape index (κ2) is 5.21. The maximum atomic E-state index is 8.92. The van der Waals surface area contributed by atoms with Crippen LogP contribution in [-0.4, -0.2) is 5.11 Å². The van der Waals surface area contributed by atoms with E-state index in [0.717, 1.165) is 5.56 Å². The molecule has 0 aromatic heterocycles. The zero-order valence-electron chi connectivity index (χ0n) is 9.63. The van der Waals surface area contributed by atoms with E-state index in [2.05, 4.69) is 0 Å². The van der Waals surface area contributed by atoms with E-state index in [1.165, 1.54) is 0 Å². The molecule has 0 amide bonds. The molecule has 0 bridgehead atoms. The summed E-state index contributed by atoms with van der Waals surface area (Å²) in [4.78, 5) is 0. The van der Waals surface area contributed by atoms with Gasteiger partial charge in [0.2, 0.25) is 0 Å². The molecule has 0 radical (unpaired) electrons. The molecule has 3 N–H and O–H groups in total. The van der Waals surface area contributed by atoms with Gasteiger partial charge in [0, 0.05) is 6.07 Å². The van der Waals surface area contributed by atoms with Gasteiger partial charge in [-0.2, -0.15) is 5.26 Å². The molecular formula is C14H12N2O2. The van der Waals surface area contributed by atoms with Gasteiger partial charge in [-0.15, -0.1) is 0 Å². The maximum absolute atomic E-state index is 8.92. The Morgan fingerprint density at radius 2 is 1.78 bits per heavy atom. The number of nitrogens with zero attached hydrogens (tertiary/aromatic N) is 1. The van der Waals surface area contributed by atoms with Gasteiger partial charge < -0.3 is 15.6 Å². The van der Waals surface area contributed by atoms with Crippen molar-refractivity contribution in [2.45, 2.75) is 6.61 Å². The number of nitrogens with two attached hydrogens (primary N) is 1. The highest BCUT2D eigenvalue weighted by molar-refractivity contribution is 5.57. The van der Waals surface area contributed by atoms with Gasteiger partial charge in [-0.1, -0.05) is 12.1 Å². The smallest absolute Gasteiger partial charge is 0.129 e. The Labute approximate surface area is 105 Å². The van der Waals surface area contributed by atoms with Crippen LogP contribution in [0.1, 0.15) is 11.1 Å². The first kappa shape index (κ1) is 12.0. The molecule has 90 valence electrons. The van der Waals surface area contributed by atoms with Gasteiger partial charge >= 0.3 is 0 Å². The van der Waals surface area contributed by atoms with Crippen LogP contribution in [0.5, 0.6) is 11.5 Å². The SMILES string of the molecule is N#Cc1ccc(Oc2ccc(CO)cc2)cc1N. The molecule has 4 nitrogen and oxygen atoms in total. The van der Waals surface area contributed by atoms with Crippen LogP contribution >= 0.6 is 0 Å². The third-order valence-corrected chi connectivity index (χ3v) is 2.49. The Morgan fingerprint density at radius 3 is 2.33 bits per heavy atom. The minimum absolute atomic E-state index is 0.00406. The summed E-state index contributed by atoms with van der Waals surface area (Å²) in [5.41, 5.74) is 7.34. The minimum Gasteiger partial charge on any atom is -0.457 e. The molecule has 0 fully saturated rings. The Balaban J connectivity index is 2.18. The molecule has 0 saturated carbocycles. The molecule has 2 aromatic rings. The Hall–Kier alpha value is -2.51. The van der Waals surface area contributed by atoms with Gasteiger partial charge in [0.25, 0.3) is 0 Å². The van der Waals surface area contributed by atoms with E-state index in [1.54, 1.807) is 42.5 Å². The lowest BCUT2D eigenvalue weighted by atomic mass is 10.2. The predicted molar refractivity (Wildman–Crippen MR) is 68.0 cm³/mol. The highest BCUT2D eigenvalue weighted by Gasteiger charge is 2.02. The molecule has 2 rings (SSSR count). The molecule has 0 aliphatic heterocycles. The third-order valence-electron chi connectivity index (χ3n) is 2.49. The zero-order chi connectivity index (χ0) is 13.0. The molecule has 0 spiro atoms. The summed E-state index contributed by atoms with van der Waals surface area (Å²) in [6.45, 7) is 0.00406. The minimum atomic E-state index is 0.00406. The number of hydrogen-bond acceptors (Lipinski definition) is 4. The Kier molecular flexibility index (Phi) is 3.46. The largest absolute Gasteiger partial charge is 0.457 e. The number of anilines is 1. The van der Waals surface area contributed by atoms with E-state index >= 15 is 0 Å². The fourth-order valence-corrected chi connectivity index (χ4v) is 1.51. The number of aliphatic hydroxyl groups is 1. The van der Waals surface area contributed by atoms with E-state index in [9.17, 15) is 0 Å². The van der Waals surface area contributed by atoms with Crippen LogP contribution < -0.4 is 10.5 Å². The third kappa shape index (κ3) is 2.59. The first-order valence-corrected chi connectivity index (χ1v) is 5.40. The highest BCUT2D eigenvalue weighted by Crippen LogP contribution is 2.25. The molecule has 18 heavy (non-hydrogen) atoms. The van der Waals surface area contributed by atoms with Crippen molar-refractivity contribution in [1.82, 2.24) is 0 Å². The van der Waals surface area contributed by atoms with E-state index < -0.39 is 0 Å². The summed E-state index contributed by atoms with van der Waals surface area (Å²) in [5.74, 6) is 1.22. The van der Waals surface area contributed by atoms with Gasteiger partial charge in [-0.25, -0.2) is 0 Å². The number of hydrogen-bond donors (Lipinski definition) is 2. The second-order valence-corrected chi connectivity index (χ2v) is 3.76. The topological polar surface area (TPSA) is 79.3 Å². The van der Waals surface area contributed by atoms with Crippen molar-refractivity contribution >= 4 is 5.69 Å². The normalized spacial score (nSPS) is 9.78. The van der Waals surface area contributed by atoms with Gasteiger partial charge in [-0.05, 0) is 29.8 Å². The lowest BCUT2D eigenvalue weighted by Gasteiger charge is -2.07. The number of ether oxygens (including phenoxy) is 1. The maximum Gasteiger partial charge on any atom is 0.129 e. The fraction of sp³-hybridized carbons (Fsp3) is 0.0714. The summed E-state index contributed by atoms with van der Waals surface area (Å²) >= 11 is 0. The van der Waals surface area contributed by atoms with Gasteiger partial charge in [0.05, 0.1) is 17.9 Å². The van der Waals surface area contributed by atoms with Crippen molar-refractivity contribution in [2.75, 3.05) is 5.73 Å². The van der Waals surface area contributed by atoms with Crippen LogP contribution in [0.15, 0.2) is 42.5 Å². The lowest BCUT2D eigenvalue weighted by Crippen LogP contribution is -1.92. The van der Waals surface area contributed by atoms with Crippen molar-refractivity contribution in [3.05, 3.63) is 53.6 Å². The molecular weight excluding hydrogens is 228 g/mol. The molecule has 0 aliphatic rings. The average molecular weight is 240 g/mol. The first-order chi connectivity index (χ1) is 8.72. The quantitative estimate of drug-likeness (QED) is 0.807. The van der Waals surface area contributed by atoms with Crippen LogP contribution in [-0.2, 0) is 6.61 Å². The molecule has 0 unspecified atom stereocenters. The van der Waals surface area contributed by atoms with Crippen LogP contribution in [0.4, 0.5) is 5.69 Å². The van der Waals surface area contributed by atoms with Crippen molar-refractivity contribution < 1.29 is 9.84 Å².